The fourth-order valence-electron chi connectivity index (χ4n) is 3.89. The zero-order valence-corrected chi connectivity index (χ0v) is 18.6. The summed E-state index contributed by atoms with van der Waals surface area (Å²) in [7, 11) is 1.45. The van der Waals surface area contributed by atoms with Crippen LogP contribution >= 0.6 is 0 Å². The Morgan fingerprint density at radius 2 is 1.82 bits per heavy atom. The van der Waals surface area contributed by atoms with Gasteiger partial charge >= 0.3 is 0 Å². The summed E-state index contributed by atoms with van der Waals surface area (Å²) in [5.74, 6) is -0.483. The normalized spacial score (nSPS) is 13.3. The highest BCUT2D eigenvalue weighted by Gasteiger charge is 2.23. The number of hydrogen-bond donors (Lipinski definition) is 2. The van der Waals surface area contributed by atoms with Gasteiger partial charge in [0.25, 0.3) is 17.5 Å². The van der Waals surface area contributed by atoms with Gasteiger partial charge in [-0.1, -0.05) is 0 Å². The first-order valence-corrected chi connectivity index (χ1v) is 10.8. The van der Waals surface area contributed by atoms with Crippen LogP contribution < -0.4 is 20.3 Å². The van der Waals surface area contributed by atoms with E-state index in [4.69, 9.17) is 9.15 Å². The number of benzene rings is 2. The van der Waals surface area contributed by atoms with Crippen LogP contribution in [0.15, 0.2) is 59.2 Å². The first-order chi connectivity index (χ1) is 16.5. The molecule has 34 heavy (non-hydrogen) atoms. The molecule has 0 bridgehead atoms. The van der Waals surface area contributed by atoms with Crippen molar-refractivity contribution >= 4 is 34.6 Å². The molecule has 10 heteroatoms. The third-order valence-electron chi connectivity index (χ3n) is 5.58. The molecule has 1 aliphatic heterocycles. The smallest absolute Gasteiger partial charge is 0.293 e. The van der Waals surface area contributed by atoms with Crippen molar-refractivity contribution in [3.63, 3.8) is 0 Å². The minimum Gasteiger partial charge on any atom is -0.495 e. The molecule has 1 aromatic heterocycles. The highest BCUT2D eigenvalue weighted by atomic mass is 16.6. The van der Waals surface area contributed by atoms with Crippen molar-refractivity contribution in [3.05, 3.63) is 76.2 Å². The lowest BCUT2D eigenvalue weighted by Gasteiger charge is -2.28. The van der Waals surface area contributed by atoms with Gasteiger partial charge in [0.05, 0.1) is 24.0 Å². The summed E-state index contributed by atoms with van der Waals surface area (Å²) in [5, 5.41) is 17.1. The van der Waals surface area contributed by atoms with Crippen LogP contribution in [0.4, 0.5) is 22.7 Å². The monoisotopic (exact) mass is 464 g/mol. The molecule has 0 atom stereocenters. The van der Waals surface area contributed by atoms with Gasteiger partial charge in [0.2, 0.25) is 0 Å². The quantitative estimate of drug-likeness (QED) is 0.383. The molecule has 1 fully saturated rings. The molecule has 0 spiro atoms. The minimum absolute atomic E-state index is 0.110. The van der Waals surface area contributed by atoms with Gasteiger partial charge in [0, 0.05) is 30.4 Å². The molecule has 0 saturated carbocycles. The molecule has 176 valence electrons. The summed E-state index contributed by atoms with van der Waals surface area (Å²) < 4.78 is 10.4. The topological polar surface area (TPSA) is 127 Å². The highest BCUT2D eigenvalue weighted by Crippen LogP contribution is 2.33. The third-order valence-corrected chi connectivity index (χ3v) is 5.58. The number of nitro benzene ring substituents is 1. The largest absolute Gasteiger partial charge is 0.495 e. The van der Waals surface area contributed by atoms with Crippen LogP contribution in [0, 0.1) is 10.1 Å². The van der Waals surface area contributed by atoms with Crippen molar-refractivity contribution in [3.8, 4) is 5.75 Å². The lowest BCUT2D eigenvalue weighted by atomic mass is 10.1. The van der Waals surface area contributed by atoms with Crippen molar-refractivity contribution < 1.29 is 23.7 Å². The van der Waals surface area contributed by atoms with E-state index in [1.54, 1.807) is 30.3 Å². The van der Waals surface area contributed by atoms with E-state index in [0.29, 0.717) is 22.8 Å². The Balaban J connectivity index is 1.56. The van der Waals surface area contributed by atoms with Crippen molar-refractivity contribution in [2.24, 2.45) is 0 Å². The molecular formula is C24H24N4O6. The van der Waals surface area contributed by atoms with Crippen molar-refractivity contribution in [1.29, 1.82) is 0 Å². The Kier molecular flexibility index (Phi) is 6.77. The highest BCUT2D eigenvalue weighted by molar-refractivity contribution is 6.07. The molecule has 3 aromatic rings. The van der Waals surface area contributed by atoms with Gasteiger partial charge in [-0.2, -0.15) is 0 Å². The first-order valence-electron chi connectivity index (χ1n) is 10.8. The van der Waals surface area contributed by atoms with E-state index in [2.05, 4.69) is 10.6 Å². The Labute approximate surface area is 195 Å². The fraction of sp³-hybridized carbons (Fsp3) is 0.250. The Bertz CT molecular complexity index is 1200. The van der Waals surface area contributed by atoms with E-state index >= 15 is 0 Å². The number of rotatable bonds is 7. The van der Waals surface area contributed by atoms with Crippen LogP contribution in [-0.4, -0.2) is 36.9 Å². The average molecular weight is 464 g/mol. The number of carbonyl (C=O) groups excluding carboxylic acids is 2. The van der Waals surface area contributed by atoms with Crippen LogP contribution in [0.3, 0.4) is 0 Å². The van der Waals surface area contributed by atoms with Crippen LogP contribution in [-0.2, 0) is 0 Å². The second kappa shape index (κ2) is 10.1. The first kappa shape index (κ1) is 22.8. The molecular weight excluding hydrogens is 440 g/mol. The number of nitrogens with one attached hydrogen (secondary N) is 2. The minimum atomic E-state index is -0.541. The third kappa shape index (κ3) is 5.01. The number of nitro groups is 1. The van der Waals surface area contributed by atoms with Crippen LogP contribution in [0.2, 0.25) is 0 Å². The molecule has 1 saturated heterocycles. The van der Waals surface area contributed by atoms with Crippen LogP contribution in [0.25, 0.3) is 0 Å². The summed E-state index contributed by atoms with van der Waals surface area (Å²) in [6.07, 6.45) is 4.45. The maximum atomic E-state index is 13.0. The van der Waals surface area contributed by atoms with Crippen LogP contribution in [0.1, 0.15) is 40.2 Å². The maximum absolute atomic E-state index is 13.0. The predicted octanol–water partition coefficient (Wildman–Crippen LogP) is 4.69. The lowest BCUT2D eigenvalue weighted by molar-refractivity contribution is -0.384. The summed E-state index contributed by atoms with van der Waals surface area (Å²) in [6, 6.07) is 12.4. The molecule has 2 N–H and O–H groups in total. The number of amides is 2. The summed E-state index contributed by atoms with van der Waals surface area (Å²) in [6.45, 7) is 1.50. The number of anilines is 3. The number of ether oxygens (including phenoxy) is 1. The maximum Gasteiger partial charge on any atom is 0.293 e. The van der Waals surface area contributed by atoms with E-state index in [0.717, 1.165) is 32.4 Å². The van der Waals surface area contributed by atoms with E-state index in [1.165, 1.54) is 31.6 Å². The molecule has 0 aliphatic carbocycles. The Morgan fingerprint density at radius 1 is 1.03 bits per heavy atom. The predicted molar refractivity (Wildman–Crippen MR) is 127 cm³/mol. The molecule has 0 radical (unpaired) electrons. The van der Waals surface area contributed by atoms with Crippen LogP contribution in [0.5, 0.6) is 5.75 Å². The zero-order valence-electron chi connectivity index (χ0n) is 18.6. The van der Waals surface area contributed by atoms with Crippen molar-refractivity contribution in [2.45, 2.75) is 19.3 Å². The van der Waals surface area contributed by atoms with Crippen molar-refractivity contribution in [1.82, 2.24) is 0 Å². The summed E-state index contributed by atoms with van der Waals surface area (Å²) >= 11 is 0. The Morgan fingerprint density at radius 3 is 2.50 bits per heavy atom. The van der Waals surface area contributed by atoms with Gasteiger partial charge in [-0.25, -0.2) is 0 Å². The fourth-order valence-corrected chi connectivity index (χ4v) is 3.89. The average Bonchev–Trinajstić information content (AvgIpc) is 3.40. The standard InChI is InChI=1S/C24H24N4O6/c1-33-21-10-8-17(25-24(30)22-6-5-13-34-22)15-18(21)26-23(29)16-7-9-19(20(14-16)28(31)32)27-11-3-2-4-12-27/h5-10,13-15H,2-4,11-12H2,1H3,(H,25,30)(H,26,29). The van der Waals surface area contributed by atoms with E-state index in [9.17, 15) is 19.7 Å². The SMILES string of the molecule is COc1ccc(NC(=O)c2ccco2)cc1NC(=O)c1ccc(N2CCCCC2)c([N+](=O)[O-])c1. The molecule has 2 heterocycles. The van der Waals surface area contributed by atoms with E-state index in [-0.39, 0.29) is 17.0 Å². The zero-order chi connectivity index (χ0) is 24.1. The second-order valence-corrected chi connectivity index (χ2v) is 7.81. The molecule has 1 aliphatic rings. The van der Waals surface area contributed by atoms with Gasteiger partial charge < -0.3 is 24.7 Å². The lowest BCUT2D eigenvalue weighted by Crippen LogP contribution is -2.30. The number of furan rings is 1. The van der Waals surface area contributed by atoms with Gasteiger partial charge in [-0.3, -0.25) is 19.7 Å². The number of piperidine rings is 1. The number of nitrogens with zero attached hydrogens (tertiary/aromatic N) is 2. The van der Waals surface area contributed by atoms with Gasteiger partial charge in [0.15, 0.2) is 5.76 Å². The van der Waals surface area contributed by atoms with Crippen molar-refractivity contribution in [2.75, 3.05) is 35.7 Å². The van der Waals surface area contributed by atoms with Gasteiger partial charge in [0.1, 0.15) is 11.4 Å². The van der Waals surface area contributed by atoms with E-state index in [1.807, 2.05) is 4.90 Å². The molecule has 2 amide bonds. The molecule has 0 unspecified atom stereocenters. The molecule has 4 rings (SSSR count). The van der Waals surface area contributed by atoms with Gasteiger partial charge in [-0.05, 0) is 61.7 Å². The number of carbonyl (C=O) groups is 2. The number of hydrogen-bond acceptors (Lipinski definition) is 7. The van der Waals surface area contributed by atoms with E-state index < -0.39 is 16.7 Å². The summed E-state index contributed by atoms with van der Waals surface area (Å²) in [4.78, 5) is 38.5. The van der Waals surface area contributed by atoms with Gasteiger partial charge in [-0.15, -0.1) is 0 Å². The Hall–Kier alpha value is -4.34. The summed E-state index contributed by atoms with van der Waals surface area (Å²) in [5.41, 5.74) is 1.25. The molecule has 2 aromatic carbocycles. The number of methoxy groups -OCH3 is 1. The second-order valence-electron chi connectivity index (χ2n) is 7.81. The molecule has 10 nitrogen and oxygen atoms in total.